The minimum Gasteiger partial charge on any atom is -0.370 e. The Hall–Kier alpha value is -1.10. The predicted octanol–water partition coefficient (Wildman–Crippen LogP) is 1.32. The minimum atomic E-state index is 0.0782. The van der Waals surface area contributed by atoms with E-state index in [2.05, 4.69) is 9.98 Å². The second-order valence-electron chi connectivity index (χ2n) is 3.22. The highest BCUT2D eigenvalue weighted by atomic mass is 32.1. The van der Waals surface area contributed by atoms with Gasteiger partial charge in [-0.3, -0.25) is 0 Å². The van der Waals surface area contributed by atoms with Crippen molar-refractivity contribution in [3.8, 4) is 0 Å². The van der Waals surface area contributed by atoms with Gasteiger partial charge >= 0.3 is 0 Å². The summed E-state index contributed by atoms with van der Waals surface area (Å²) in [6.45, 7) is 0. The van der Waals surface area contributed by atoms with Gasteiger partial charge in [0.05, 0.1) is 5.69 Å². The topological polar surface area (TPSA) is 77.3 Å². The number of guanidine groups is 1. The molecule has 1 fully saturated rings. The molecule has 0 saturated heterocycles. The van der Waals surface area contributed by atoms with Gasteiger partial charge in [-0.15, -0.1) is 11.3 Å². The van der Waals surface area contributed by atoms with Crippen molar-refractivity contribution in [3.63, 3.8) is 0 Å². The van der Waals surface area contributed by atoms with Crippen molar-refractivity contribution in [1.82, 2.24) is 4.98 Å². The molecule has 5 heteroatoms. The third-order valence-corrected chi connectivity index (χ3v) is 3.01. The fourth-order valence-electron chi connectivity index (χ4n) is 1.33. The maximum absolute atomic E-state index is 5.25. The smallest absolute Gasteiger partial charge is 0.212 e. The standard InChI is InChI=1S/C8H12N4S/c9-7(10)12-8-11-6(4-13-8)5-2-1-3-5/h4-5H,1-3H2,(H4,9,10,11,12). The van der Waals surface area contributed by atoms with Crippen molar-refractivity contribution in [2.24, 2.45) is 16.5 Å². The Bertz CT molecular complexity index is 323. The lowest BCUT2D eigenvalue weighted by Crippen LogP contribution is -2.21. The zero-order chi connectivity index (χ0) is 9.26. The lowest BCUT2D eigenvalue weighted by molar-refractivity contribution is 0.413. The molecule has 4 nitrogen and oxygen atoms in total. The van der Waals surface area contributed by atoms with Gasteiger partial charge in [0.15, 0.2) is 5.96 Å². The van der Waals surface area contributed by atoms with Crippen molar-refractivity contribution in [2.75, 3.05) is 0 Å². The maximum Gasteiger partial charge on any atom is 0.212 e. The predicted molar refractivity (Wildman–Crippen MR) is 54.2 cm³/mol. The number of aromatic nitrogens is 1. The van der Waals surface area contributed by atoms with E-state index >= 15 is 0 Å². The van der Waals surface area contributed by atoms with Crippen molar-refractivity contribution in [1.29, 1.82) is 0 Å². The van der Waals surface area contributed by atoms with Crippen LogP contribution in [0.25, 0.3) is 0 Å². The molecular weight excluding hydrogens is 184 g/mol. The van der Waals surface area contributed by atoms with Crippen LogP contribution in [0.5, 0.6) is 0 Å². The van der Waals surface area contributed by atoms with Crippen LogP contribution in [0, 0.1) is 0 Å². The van der Waals surface area contributed by atoms with Crippen LogP contribution in [0.4, 0.5) is 5.13 Å². The van der Waals surface area contributed by atoms with Crippen LogP contribution in [0.2, 0.25) is 0 Å². The van der Waals surface area contributed by atoms with E-state index in [1.54, 1.807) is 0 Å². The van der Waals surface area contributed by atoms with Crippen LogP contribution >= 0.6 is 11.3 Å². The average Bonchev–Trinajstić information content (AvgIpc) is 2.31. The average molecular weight is 196 g/mol. The summed E-state index contributed by atoms with van der Waals surface area (Å²) in [7, 11) is 0. The van der Waals surface area contributed by atoms with Crippen LogP contribution in [0.1, 0.15) is 30.9 Å². The third-order valence-electron chi connectivity index (χ3n) is 2.26. The molecule has 0 aliphatic heterocycles. The molecular formula is C8H12N4S. The molecule has 1 saturated carbocycles. The van der Waals surface area contributed by atoms with E-state index in [-0.39, 0.29) is 5.96 Å². The van der Waals surface area contributed by atoms with Crippen molar-refractivity contribution >= 4 is 22.4 Å². The molecule has 2 rings (SSSR count). The van der Waals surface area contributed by atoms with E-state index < -0.39 is 0 Å². The van der Waals surface area contributed by atoms with Gasteiger partial charge in [0.25, 0.3) is 0 Å². The second-order valence-corrected chi connectivity index (χ2v) is 4.06. The van der Waals surface area contributed by atoms with Crippen molar-refractivity contribution < 1.29 is 0 Å². The number of rotatable bonds is 2. The molecule has 0 atom stereocenters. The first kappa shape index (κ1) is 8.50. The molecule has 1 aliphatic carbocycles. The van der Waals surface area contributed by atoms with E-state index in [0.29, 0.717) is 11.0 Å². The Labute approximate surface area is 80.7 Å². The monoisotopic (exact) mass is 196 g/mol. The fraction of sp³-hybridized carbons (Fsp3) is 0.500. The number of aliphatic imine (C=N–C) groups is 1. The van der Waals surface area contributed by atoms with Gasteiger partial charge < -0.3 is 11.5 Å². The van der Waals surface area contributed by atoms with E-state index in [1.165, 1.54) is 30.6 Å². The Morgan fingerprint density at radius 1 is 1.54 bits per heavy atom. The lowest BCUT2D eigenvalue weighted by atomic mass is 9.83. The molecule has 13 heavy (non-hydrogen) atoms. The zero-order valence-corrected chi connectivity index (χ0v) is 8.05. The largest absolute Gasteiger partial charge is 0.370 e. The van der Waals surface area contributed by atoms with Crippen LogP contribution in [-0.2, 0) is 0 Å². The first-order chi connectivity index (χ1) is 6.25. The van der Waals surface area contributed by atoms with E-state index in [9.17, 15) is 0 Å². The molecule has 1 aromatic heterocycles. The summed E-state index contributed by atoms with van der Waals surface area (Å²) in [6.07, 6.45) is 3.83. The molecule has 1 aromatic rings. The van der Waals surface area contributed by atoms with Gasteiger partial charge in [-0.2, -0.15) is 4.99 Å². The summed E-state index contributed by atoms with van der Waals surface area (Å²) in [4.78, 5) is 8.24. The maximum atomic E-state index is 5.25. The van der Waals surface area contributed by atoms with Crippen molar-refractivity contribution in [2.45, 2.75) is 25.2 Å². The first-order valence-electron chi connectivity index (χ1n) is 4.31. The first-order valence-corrected chi connectivity index (χ1v) is 5.19. The summed E-state index contributed by atoms with van der Waals surface area (Å²) in [5.74, 6) is 0.730. The molecule has 1 heterocycles. The second kappa shape index (κ2) is 3.33. The molecule has 0 aromatic carbocycles. The van der Waals surface area contributed by atoms with Gasteiger partial charge in [0.2, 0.25) is 5.13 Å². The van der Waals surface area contributed by atoms with Crippen LogP contribution in [-0.4, -0.2) is 10.9 Å². The van der Waals surface area contributed by atoms with E-state index in [4.69, 9.17) is 11.5 Å². The molecule has 0 amide bonds. The Morgan fingerprint density at radius 2 is 2.31 bits per heavy atom. The Balaban J connectivity index is 2.13. The van der Waals surface area contributed by atoms with Crippen molar-refractivity contribution in [3.05, 3.63) is 11.1 Å². The van der Waals surface area contributed by atoms with Gasteiger partial charge in [-0.05, 0) is 12.8 Å². The molecule has 0 unspecified atom stereocenters. The molecule has 0 bridgehead atoms. The molecule has 1 aliphatic rings. The van der Waals surface area contributed by atoms with Crippen LogP contribution in [0.3, 0.4) is 0 Å². The van der Waals surface area contributed by atoms with Gasteiger partial charge in [0, 0.05) is 11.3 Å². The fourth-order valence-corrected chi connectivity index (χ4v) is 2.12. The highest BCUT2D eigenvalue weighted by Gasteiger charge is 2.21. The van der Waals surface area contributed by atoms with E-state index in [0.717, 1.165) is 5.69 Å². The Morgan fingerprint density at radius 3 is 2.85 bits per heavy atom. The number of thiazole rings is 1. The van der Waals surface area contributed by atoms with Gasteiger partial charge in [-0.1, -0.05) is 6.42 Å². The zero-order valence-electron chi connectivity index (χ0n) is 7.23. The minimum absolute atomic E-state index is 0.0782. The van der Waals surface area contributed by atoms with Crippen LogP contribution in [0.15, 0.2) is 10.4 Å². The third kappa shape index (κ3) is 1.80. The number of nitrogens with two attached hydrogens (primary N) is 2. The summed E-state index contributed by atoms with van der Waals surface area (Å²) >= 11 is 1.50. The molecule has 70 valence electrons. The number of hydrogen-bond acceptors (Lipinski definition) is 3. The molecule has 0 radical (unpaired) electrons. The quantitative estimate of drug-likeness (QED) is 0.553. The summed E-state index contributed by atoms with van der Waals surface area (Å²) in [5, 5.41) is 2.72. The molecule has 0 spiro atoms. The van der Waals surface area contributed by atoms with Gasteiger partial charge in [-0.25, -0.2) is 4.98 Å². The summed E-state index contributed by atoms with van der Waals surface area (Å²) in [6, 6.07) is 0. The highest BCUT2D eigenvalue weighted by molar-refractivity contribution is 7.13. The van der Waals surface area contributed by atoms with Crippen LogP contribution < -0.4 is 11.5 Å². The summed E-state index contributed by atoms with van der Waals surface area (Å²) < 4.78 is 0. The normalized spacial score (nSPS) is 16.6. The lowest BCUT2D eigenvalue weighted by Gasteiger charge is -2.22. The SMILES string of the molecule is NC(N)=Nc1nc(C2CCC2)cs1. The Kier molecular flexibility index (Phi) is 2.18. The van der Waals surface area contributed by atoms with Gasteiger partial charge in [0.1, 0.15) is 0 Å². The summed E-state index contributed by atoms with van der Waals surface area (Å²) in [5.41, 5.74) is 11.7. The number of nitrogens with zero attached hydrogens (tertiary/aromatic N) is 2. The highest BCUT2D eigenvalue weighted by Crippen LogP contribution is 2.37. The van der Waals surface area contributed by atoms with E-state index in [1.807, 2.05) is 5.38 Å². The molecule has 4 N–H and O–H groups in total. The number of hydrogen-bond donors (Lipinski definition) is 2.